The summed E-state index contributed by atoms with van der Waals surface area (Å²) >= 11 is 3.51. The average molecular weight is 328 g/mol. The van der Waals surface area contributed by atoms with Crippen molar-refractivity contribution in [1.29, 1.82) is 0 Å². The minimum atomic E-state index is -0.760. The Bertz CT molecular complexity index is 458. The van der Waals surface area contributed by atoms with Gasteiger partial charge in [0.05, 0.1) is 6.61 Å². The fourth-order valence-corrected chi connectivity index (χ4v) is 2.87. The smallest absolute Gasteiger partial charge is 0.313 e. The molecule has 1 aromatic rings. The van der Waals surface area contributed by atoms with Gasteiger partial charge in [-0.05, 0) is 25.1 Å². The highest BCUT2D eigenvalue weighted by Crippen LogP contribution is 2.30. The van der Waals surface area contributed by atoms with Gasteiger partial charge in [-0.15, -0.1) is 0 Å². The molecule has 0 radical (unpaired) electrons. The van der Waals surface area contributed by atoms with Gasteiger partial charge in [-0.3, -0.25) is 4.79 Å². The van der Waals surface area contributed by atoms with Crippen LogP contribution >= 0.6 is 15.9 Å². The second-order valence-corrected chi connectivity index (χ2v) is 6.01. The Kier molecular flexibility index (Phi) is 4.60. The Morgan fingerprint density at radius 2 is 2.26 bits per heavy atom. The number of ether oxygens (including phenoxy) is 1. The lowest BCUT2D eigenvalue weighted by molar-refractivity contribution is -0.150. The fourth-order valence-electron chi connectivity index (χ4n) is 2.46. The van der Waals surface area contributed by atoms with E-state index >= 15 is 0 Å². The van der Waals surface area contributed by atoms with E-state index in [1.165, 1.54) is 0 Å². The molecule has 0 saturated carbocycles. The molecule has 0 aromatic heterocycles. The number of halogens is 1. The number of carbonyl (C=O) groups is 1. The first kappa shape index (κ1) is 14.5. The van der Waals surface area contributed by atoms with Gasteiger partial charge < -0.3 is 14.7 Å². The normalized spacial score (nSPS) is 22.9. The highest BCUT2D eigenvalue weighted by atomic mass is 79.9. The van der Waals surface area contributed by atoms with Crippen molar-refractivity contribution in [3.05, 3.63) is 34.3 Å². The zero-order valence-electron chi connectivity index (χ0n) is 10.9. The highest BCUT2D eigenvalue weighted by Gasteiger charge is 2.43. The largest absolute Gasteiger partial charge is 0.481 e. The van der Waals surface area contributed by atoms with Gasteiger partial charge in [0, 0.05) is 24.2 Å². The summed E-state index contributed by atoms with van der Waals surface area (Å²) in [6.07, 6.45) is 0.586. The predicted molar refractivity (Wildman–Crippen MR) is 76.0 cm³/mol. The Morgan fingerprint density at radius 3 is 2.84 bits per heavy atom. The molecule has 1 unspecified atom stereocenters. The quantitative estimate of drug-likeness (QED) is 0.902. The van der Waals surface area contributed by atoms with Crippen molar-refractivity contribution in [2.75, 3.05) is 26.8 Å². The molecule has 2 rings (SSSR count). The van der Waals surface area contributed by atoms with Crippen LogP contribution in [-0.4, -0.2) is 42.8 Å². The van der Waals surface area contributed by atoms with Crippen LogP contribution in [0.5, 0.6) is 0 Å². The molecule has 19 heavy (non-hydrogen) atoms. The van der Waals surface area contributed by atoms with Crippen LogP contribution in [0.4, 0.5) is 0 Å². The van der Waals surface area contributed by atoms with Gasteiger partial charge in [-0.2, -0.15) is 0 Å². The summed E-state index contributed by atoms with van der Waals surface area (Å²) in [4.78, 5) is 13.5. The van der Waals surface area contributed by atoms with Gasteiger partial charge >= 0.3 is 5.97 Å². The molecular formula is C14H18BrNO3. The van der Waals surface area contributed by atoms with Crippen LogP contribution in [0.3, 0.4) is 0 Å². The van der Waals surface area contributed by atoms with Crippen LogP contribution in [-0.2, 0) is 16.1 Å². The Labute approximate surface area is 121 Å². The monoisotopic (exact) mass is 327 g/mol. The van der Waals surface area contributed by atoms with Gasteiger partial charge in [0.1, 0.15) is 5.41 Å². The number of nitrogens with zero attached hydrogens (tertiary/aromatic N) is 1. The van der Waals surface area contributed by atoms with Crippen LogP contribution in [0, 0.1) is 5.41 Å². The predicted octanol–water partition coefficient (Wildman–Crippen LogP) is 2.37. The van der Waals surface area contributed by atoms with E-state index < -0.39 is 11.4 Å². The molecule has 5 heteroatoms. The van der Waals surface area contributed by atoms with Crippen molar-refractivity contribution >= 4 is 21.9 Å². The summed E-state index contributed by atoms with van der Waals surface area (Å²) in [7, 11) is 1.95. The standard InChI is InChI=1S/C14H18BrNO3/c1-16(8-11-4-2-3-5-12(11)15)9-14(13(17)18)6-7-19-10-14/h2-5H,6-10H2,1H3,(H,17,18). The third kappa shape index (κ3) is 3.35. The molecule has 104 valence electrons. The maximum Gasteiger partial charge on any atom is 0.313 e. The maximum atomic E-state index is 11.5. The van der Waals surface area contributed by atoms with E-state index in [0.29, 0.717) is 26.2 Å². The zero-order valence-corrected chi connectivity index (χ0v) is 12.5. The van der Waals surface area contributed by atoms with Crippen LogP contribution in [0.2, 0.25) is 0 Å². The summed E-state index contributed by atoms with van der Waals surface area (Å²) in [5.41, 5.74) is 0.403. The summed E-state index contributed by atoms with van der Waals surface area (Å²) in [5, 5.41) is 9.42. The molecular weight excluding hydrogens is 310 g/mol. The summed E-state index contributed by atoms with van der Waals surface area (Å²) < 4.78 is 6.33. The minimum absolute atomic E-state index is 0.308. The second-order valence-electron chi connectivity index (χ2n) is 5.15. The average Bonchev–Trinajstić information content (AvgIpc) is 2.82. The molecule has 0 amide bonds. The second kappa shape index (κ2) is 6.03. The summed E-state index contributed by atoms with van der Waals surface area (Å²) in [5.74, 6) is -0.760. The van der Waals surface area contributed by atoms with Crippen molar-refractivity contribution < 1.29 is 14.6 Å². The highest BCUT2D eigenvalue weighted by molar-refractivity contribution is 9.10. The number of hydrogen-bond acceptors (Lipinski definition) is 3. The van der Waals surface area contributed by atoms with Crippen LogP contribution in [0.15, 0.2) is 28.7 Å². The van der Waals surface area contributed by atoms with Crippen molar-refractivity contribution in [1.82, 2.24) is 4.90 Å². The Hall–Kier alpha value is -0.910. The SMILES string of the molecule is CN(Cc1ccccc1Br)CC1(C(=O)O)CCOC1. The molecule has 0 aliphatic carbocycles. The lowest BCUT2D eigenvalue weighted by Gasteiger charge is -2.28. The Morgan fingerprint density at radius 1 is 1.53 bits per heavy atom. The lowest BCUT2D eigenvalue weighted by atomic mass is 9.87. The van der Waals surface area contributed by atoms with Crippen molar-refractivity contribution in [2.24, 2.45) is 5.41 Å². The van der Waals surface area contributed by atoms with Crippen LogP contribution in [0.1, 0.15) is 12.0 Å². The molecule has 1 N–H and O–H groups in total. The molecule has 1 aliphatic heterocycles. The van der Waals surface area contributed by atoms with Crippen LogP contribution in [0.25, 0.3) is 0 Å². The topological polar surface area (TPSA) is 49.8 Å². The number of carboxylic acid groups (broad SMARTS) is 1. The van der Waals surface area contributed by atoms with Gasteiger partial charge in [0.2, 0.25) is 0 Å². The molecule has 1 heterocycles. The number of aliphatic carboxylic acids is 1. The third-order valence-corrected chi connectivity index (χ3v) is 4.30. The third-order valence-electron chi connectivity index (χ3n) is 3.53. The molecule has 0 bridgehead atoms. The van der Waals surface area contributed by atoms with Gasteiger partial charge in [-0.1, -0.05) is 34.1 Å². The van der Waals surface area contributed by atoms with Crippen LogP contribution < -0.4 is 0 Å². The summed E-state index contributed by atoms with van der Waals surface area (Å²) in [6.45, 7) is 2.07. The maximum absolute atomic E-state index is 11.5. The first-order valence-corrected chi connectivity index (χ1v) is 7.06. The lowest BCUT2D eigenvalue weighted by Crippen LogP contribution is -2.42. The van der Waals surface area contributed by atoms with Crippen molar-refractivity contribution in [3.63, 3.8) is 0 Å². The fraction of sp³-hybridized carbons (Fsp3) is 0.500. The molecule has 1 aromatic carbocycles. The van der Waals surface area contributed by atoms with E-state index in [2.05, 4.69) is 15.9 Å². The van der Waals surface area contributed by atoms with Gasteiger partial charge in [0.15, 0.2) is 0 Å². The minimum Gasteiger partial charge on any atom is -0.481 e. The van der Waals surface area contributed by atoms with E-state index in [9.17, 15) is 9.90 Å². The molecule has 0 spiro atoms. The van der Waals surface area contributed by atoms with E-state index in [1.807, 2.05) is 36.2 Å². The first-order chi connectivity index (χ1) is 9.03. The van der Waals surface area contributed by atoms with E-state index in [-0.39, 0.29) is 0 Å². The molecule has 1 atom stereocenters. The van der Waals surface area contributed by atoms with E-state index in [4.69, 9.17) is 4.74 Å². The van der Waals surface area contributed by atoms with Gasteiger partial charge in [-0.25, -0.2) is 0 Å². The molecule has 4 nitrogen and oxygen atoms in total. The molecule has 1 aliphatic rings. The number of benzene rings is 1. The number of rotatable bonds is 5. The Balaban J connectivity index is 2.03. The number of hydrogen-bond donors (Lipinski definition) is 1. The first-order valence-electron chi connectivity index (χ1n) is 6.27. The van der Waals surface area contributed by atoms with Gasteiger partial charge in [0.25, 0.3) is 0 Å². The van der Waals surface area contributed by atoms with E-state index in [0.717, 1.165) is 16.6 Å². The van der Waals surface area contributed by atoms with E-state index in [1.54, 1.807) is 0 Å². The summed E-state index contributed by atoms with van der Waals surface area (Å²) in [6, 6.07) is 7.99. The zero-order chi connectivity index (χ0) is 13.9. The molecule has 1 fully saturated rings. The van der Waals surface area contributed by atoms with Crippen molar-refractivity contribution in [2.45, 2.75) is 13.0 Å². The number of carboxylic acids is 1. The molecule has 1 saturated heterocycles. The van der Waals surface area contributed by atoms with Crippen molar-refractivity contribution in [3.8, 4) is 0 Å².